The second-order valence-electron chi connectivity index (χ2n) is 3.97. The van der Waals surface area contributed by atoms with Crippen molar-refractivity contribution in [3.8, 4) is 10.6 Å². The normalized spacial score (nSPS) is 10.7. The van der Waals surface area contributed by atoms with E-state index in [1.807, 2.05) is 0 Å². The van der Waals surface area contributed by atoms with Gasteiger partial charge in [-0.15, -0.1) is 10.2 Å². The van der Waals surface area contributed by atoms with Gasteiger partial charge in [-0.3, -0.25) is 0 Å². The minimum absolute atomic E-state index is 0.956. The van der Waals surface area contributed by atoms with Gasteiger partial charge < -0.3 is 5.32 Å². The van der Waals surface area contributed by atoms with E-state index in [1.165, 1.54) is 5.56 Å². The highest BCUT2D eigenvalue weighted by atomic mass is 32.1. The fourth-order valence-corrected chi connectivity index (χ4v) is 2.38. The summed E-state index contributed by atoms with van der Waals surface area (Å²) in [7, 11) is 0. The first kappa shape index (κ1) is 12.2. The van der Waals surface area contributed by atoms with Crippen LogP contribution in [0.3, 0.4) is 0 Å². The van der Waals surface area contributed by atoms with Crippen LogP contribution in [0.4, 0.5) is 0 Å². The average Bonchev–Trinajstić information content (AvgIpc) is 2.79. The summed E-state index contributed by atoms with van der Waals surface area (Å²) < 4.78 is 0. The van der Waals surface area contributed by atoms with E-state index in [1.54, 1.807) is 11.3 Å². The van der Waals surface area contributed by atoms with Crippen LogP contribution in [0.15, 0.2) is 24.3 Å². The van der Waals surface area contributed by atoms with E-state index < -0.39 is 0 Å². The van der Waals surface area contributed by atoms with Crippen molar-refractivity contribution in [3.05, 3.63) is 34.8 Å². The Hall–Kier alpha value is -1.26. The smallest absolute Gasteiger partial charge is 0.147 e. The third-order valence-electron chi connectivity index (χ3n) is 2.53. The van der Waals surface area contributed by atoms with Crippen LogP contribution in [0.2, 0.25) is 0 Å². The highest BCUT2D eigenvalue weighted by molar-refractivity contribution is 7.14. The maximum Gasteiger partial charge on any atom is 0.147 e. The van der Waals surface area contributed by atoms with Gasteiger partial charge in [-0.05, 0) is 13.5 Å². The summed E-state index contributed by atoms with van der Waals surface area (Å²) in [5.41, 5.74) is 2.42. The van der Waals surface area contributed by atoms with Gasteiger partial charge in [0, 0.05) is 18.5 Å². The standard InChI is InChI=1S/C13H17N3S/c1-3-14-9-8-12-15-16-13(17-12)11-6-4-10(2)5-7-11/h4-7,14H,3,8-9H2,1-2H3. The Kier molecular flexibility index (Phi) is 4.23. The number of rotatable bonds is 5. The van der Waals surface area contributed by atoms with Crippen molar-refractivity contribution >= 4 is 11.3 Å². The molecule has 17 heavy (non-hydrogen) atoms. The van der Waals surface area contributed by atoms with Gasteiger partial charge in [0.2, 0.25) is 0 Å². The van der Waals surface area contributed by atoms with Crippen molar-refractivity contribution < 1.29 is 0 Å². The fourth-order valence-electron chi connectivity index (χ4n) is 1.54. The highest BCUT2D eigenvalue weighted by Gasteiger charge is 2.05. The number of hydrogen-bond donors (Lipinski definition) is 1. The van der Waals surface area contributed by atoms with Crippen LogP contribution in [0.25, 0.3) is 10.6 Å². The zero-order chi connectivity index (χ0) is 12.1. The summed E-state index contributed by atoms with van der Waals surface area (Å²) in [4.78, 5) is 0. The molecule has 1 aromatic carbocycles. The molecule has 0 aliphatic carbocycles. The Balaban J connectivity index is 2.04. The Bertz CT molecular complexity index is 462. The van der Waals surface area contributed by atoms with Crippen molar-refractivity contribution in [2.45, 2.75) is 20.3 Å². The summed E-state index contributed by atoms with van der Waals surface area (Å²) in [6, 6.07) is 8.41. The highest BCUT2D eigenvalue weighted by Crippen LogP contribution is 2.23. The molecule has 2 rings (SSSR count). The lowest BCUT2D eigenvalue weighted by Crippen LogP contribution is -2.15. The van der Waals surface area contributed by atoms with Crippen molar-refractivity contribution in [2.24, 2.45) is 0 Å². The van der Waals surface area contributed by atoms with Crippen molar-refractivity contribution in [1.82, 2.24) is 15.5 Å². The molecule has 0 saturated heterocycles. The Morgan fingerprint density at radius 2 is 1.94 bits per heavy atom. The van der Waals surface area contributed by atoms with E-state index in [-0.39, 0.29) is 0 Å². The van der Waals surface area contributed by atoms with Gasteiger partial charge in [0.1, 0.15) is 10.0 Å². The molecule has 1 N–H and O–H groups in total. The minimum atomic E-state index is 0.956. The summed E-state index contributed by atoms with van der Waals surface area (Å²) in [5.74, 6) is 0. The molecule has 0 aliphatic rings. The Morgan fingerprint density at radius 3 is 2.65 bits per heavy atom. The molecule has 0 fully saturated rings. The molecular weight excluding hydrogens is 230 g/mol. The number of aryl methyl sites for hydroxylation is 1. The van der Waals surface area contributed by atoms with Gasteiger partial charge in [-0.25, -0.2) is 0 Å². The van der Waals surface area contributed by atoms with Crippen molar-refractivity contribution in [3.63, 3.8) is 0 Å². The van der Waals surface area contributed by atoms with Crippen LogP contribution < -0.4 is 5.32 Å². The zero-order valence-electron chi connectivity index (χ0n) is 10.2. The molecule has 1 aromatic heterocycles. The van der Waals surface area contributed by atoms with Crippen molar-refractivity contribution in [2.75, 3.05) is 13.1 Å². The number of aromatic nitrogens is 2. The van der Waals surface area contributed by atoms with E-state index in [0.717, 1.165) is 35.1 Å². The lowest BCUT2D eigenvalue weighted by molar-refractivity contribution is 0.710. The zero-order valence-corrected chi connectivity index (χ0v) is 11.0. The SMILES string of the molecule is CCNCCc1nnc(-c2ccc(C)cc2)s1. The largest absolute Gasteiger partial charge is 0.317 e. The van der Waals surface area contributed by atoms with E-state index in [4.69, 9.17) is 0 Å². The molecule has 0 radical (unpaired) electrons. The van der Waals surface area contributed by atoms with Gasteiger partial charge in [-0.2, -0.15) is 0 Å². The summed E-state index contributed by atoms with van der Waals surface area (Å²) in [5, 5.41) is 13.9. The van der Waals surface area contributed by atoms with Crippen LogP contribution in [0, 0.1) is 6.92 Å². The molecule has 3 nitrogen and oxygen atoms in total. The second kappa shape index (κ2) is 5.89. The molecule has 0 saturated carbocycles. The third-order valence-corrected chi connectivity index (χ3v) is 3.56. The molecule has 0 atom stereocenters. The van der Waals surface area contributed by atoms with Crippen LogP contribution in [-0.4, -0.2) is 23.3 Å². The third kappa shape index (κ3) is 3.35. The number of benzene rings is 1. The molecule has 1 heterocycles. The quantitative estimate of drug-likeness (QED) is 0.825. The van der Waals surface area contributed by atoms with Gasteiger partial charge in [0.15, 0.2) is 0 Å². The number of nitrogens with zero attached hydrogens (tertiary/aromatic N) is 2. The lowest BCUT2D eigenvalue weighted by atomic mass is 10.2. The number of hydrogen-bond acceptors (Lipinski definition) is 4. The molecule has 2 aromatic rings. The molecule has 0 bridgehead atoms. The summed E-state index contributed by atoms with van der Waals surface area (Å²) in [6.45, 7) is 6.17. The van der Waals surface area contributed by atoms with Crippen LogP contribution in [0.1, 0.15) is 17.5 Å². The lowest BCUT2D eigenvalue weighted by Gasteiger charge is -1.96. The van der Waals surface area contributed by atoms with E-state index in [2.05, 4.69) is 53.6 Å². The molecule has 4 heteroatoms. The first-order chi connectivity index (χ1) is 8.29. The molecule has 0 amide bonds. The molecule has 90 valence electrons. The molecule has 0 spiro atoms. The monoisotopic (exact) mass is 247 g/mol. The summed E-state index contributed by atoms with van der Waals surface area (Å²) >= 11 is 1.68. The maximum atomic E-state index is 4.24. The Labute approximate surface area is 106 Å². The molecule has 0 aliphatic heterocycles. The summed E-state index contributed by atoms with van der Waals surface area (Å²) in [6.07, 6.45) is 0.956. The molecule has 0 unspecified atom stereocenters. The van der Waals surface area contributed by atoms with Crippen molar-refractivity contribution in [1.29, 1.82) is 0 Å². The van der Waals surface area contributed by atoms with Gasteiger partial charge in [0.05, 0.1) is 0 Å². The average molecular weight is 247 g/mol. The number of likely N-dealkylation sites (N-methyl/N-ethyl adjacent to an activating group) is 1. The Morgan fingerprint density at radius 1 is 1.18 bits per heavy atom. The van der Waals surface area contributed by atoms with E-state index in [9.17, 15) is 0 Å². The van der Waals surface area contributed by atoms with Crippen LogP contribution in [0.5, 0.6) is 0 Å². The first-order valence-electron chi connectivity index (χ1n) is 5.89. The maximum absolute atomic E-state index is 4.24. The van der Waals surface area contributed by atoms with Crippen LogP contribution in [-0.2, 0) is 6.42 Å². The van der Waals surface area contributed by atoms with E-state index in [0.29, 0.717) is 0 Å². The predicted molar refractivity (Wildman–Crippen MR) is 72.3 cm³/mol. The van der Waals surface area contributed by atoms with Crippen LogP contribution >= 0.6 is 11.3 Å². The van der Waals surface area contributed by atoms with Gasteiger partial charge >= 0.3 is 0 Å². The topological polar surface area (TPSA) is 37.8 Å². The van der Waals surface area contributed by atoms with Gasteiger partial charge in [0.25, 0.3) is 0 Å². The molecular formula is C13H17N3S. The van der Waals surface area contributed by atoms with E-state index >= 15 is 0 Å². The predicted octanol–water partition coefficient (Wildman–Crippen LogP) is 2.67. The second-order valence-corrected chi connectivity index (χ2v) is 5.03. The van der Waals surface area contributed by atoms with Gasteiger partial charge in [-0.1, -0.05) is 48.1 Å². The fraction of sp³-hybridized carbons (Fsp3) is 0.385. The first-order valence-corrected chi connectivity index (χ1v) is 6.71. The minimum Gasteiger partial charge on any atom is -0.317 e. The number of nitrogens with one attached hydrogen (secondary N) is 1.